The minimum Gasteiger partial charge on any atom is -0.353 e. The fourth-order valence-electron chi connectivity index (χ4n) is 3.01. The Balaban J connectivity index is 1.48. The summed E-state index contributed by atoms with van der Waals surface area (Å²) < 4.78 is 0. The van der Waals surface area contributed by atoms with Crippen LogP contribution in [0.4, 0.5) is 5.82 Å². The van der Waals surface area contributed by atoms with E-state index in [4.69, 9.17) is 0 Å². The first kappa shape index (κ1) is 12.6. The Morgan fingerprint density at radius 2 is 2.05 bits per heavy atom. The largest absolute Gasteiger partial charge is 0.353 e. The Morgan fingerprint density at radius 1 is 1.16 bits per heavy atom. The van der Waals surface area contributed by atoms with E-state index < -0.39 is 0 Å². The van der Waals surface area contributed by atoms with E-state index in [1.165, 1.54) is 25.8 Å². The van der Waals surface area contributed by atoms with Crippen molar-refractivity contribution in [3.8, 4) is 0 Å². The predicted octanol–water partition coefficient (Wildman–Crippen LogP) is 1.95. The number of allylic oxidation sites excluding steroid dienone is 2. The van der Waals surface area contributed by atoms with Crippen molar-refractivity contribution in [2.45, 2.75) is 19.3 Å². The van der Waals surface area contributed by atoms with E-state index in [1.54, 1.807) is 6.20 Å². The molecule has 102 valence electrons. The van der Waals surface area contributed by atoms with Gasteiger partial charge in [-0.25, -0.2) is 0 Å². The van der Waals surface area contributed by atoms with Crippen molar-refractivity contribution in [2.75, 3.05) is 37.6 Å². The molecule has 1 fully saturated rings. The molecule has 1 saturated heterocycles. The molecule has 2 heterocycles. The molecule has 0 unspecified atom stereocenters. The number of hydrogen-bond acceptors (Lipinski definition) is 4. The molecule has 0 amide bonds. The van der Waals surface area contributed by atoms with Crippen LogP contribution in [0, 0.1) is 5.92 Å². The zero-order valence-corrected chi connectivity index (χ0v) is 11.4. The van der Waals surface area contributed by atoms with Crippen molar-refractivity contribution in [3.05, 3.63) is 30.5 Å². The van der Waals surface area contributed by atoms with Gasteiger partial charge in [0.05, 0.1) is 0 Å². The number of anilines is 1. The van der Waals surface area contributed by atoms with E-state index in [1.807, 2.05) is 6.07 Å². The maximum atomic E-state index is 4.19. The summed E-state index contributed by atoms with van der Waals surface area (Å²) in [5, 5.41) is 8.15. The lowest BCUT2D eigenvalue weighted by molar-refractivity contribution is 0.211. The summed E-state index contributed by atoms with van der Waals surface area (Å²) in [5.41, 5.74) is 0. The van der Waals surface area contributed by atoms with Crippen molar-refractivity contribution in [1.82, 2.24) is 15.1 Å². The number of piperazine rings is 1. The maximum Gasteiger partial charge on any atom is 0.151 e. The molecule has 1 aliphatic heterocycles. The van der Waals surface area contributed by atoms with Gasteiger partial charge in [-0.2, -0.15) is 5.10 Å². The smallest absolute Gasteiger partial charge is 0.151 e. The predicted molar refractivity (Wildman–Crippen MR) is 77.2 cm³/mol. The van der Waals surface area contributed by atoms with Gasteiger partial charge in [0.25, 0.3) is 0 Å². The second-order valence-corrected chi connectivity index (χ2v) is 5.52. The van der Waals surface area contributed by atoms with E-state index in [-0.39, 0.29) is 0 Å². The number of nitrogens with zero attached hydrogens (tertiary/aromatic N) is 4. The lowest BCUT2D eigenvalue weighted by Gasteiger charge is -2.37. The van der Waals surface area contributed by atoms with Crippen LogP contribution in [0.3, 0.4) is 0 Å². The second kappa shape index (κ2) is 6.15. The Labute approximate surface area is 115 Å². The SMILES string of the molecule is C1=CC[C@@H](CN2CCN(c3cccnn3)CC2)CC1. The average Bonchev–Trinajstić information content (AvgIpc) is 2.50. The highest BCUT2D eigenvalue weighted by atomic mass is 15.3. The van der Waals surface area contributed by atoms with Gasteiger partial charge in [0.15, 0.2) is 5.82 Å². The molecule has 0 saturated carbocycles. The molecule has 4 heteroatoms. The molecule has 1 atom stereocenters. The number of rotatable bonds is 3. The molecule has 1 aromatic rings. The van der Waals surface area contributed by atoms with Crippen LogP contribution in [0.1, 0.15) is 19.3 Å². The van der Waals surface area contributed by atoms with Crippen LogP contribution in [0.5, 0.6) is 0 Å². The molecule has 0 spiro atoms. The minimum absolute atomic E-state index is 0.869. The lowest BCUT2D eigenvalue weighted by Crippen LogP contribution is -2.48. The van der Waals surface area contributed by atoms with E-state index in [2.05, 4.69) is 38.2 Å². The van der Waals surface area contributed by atoms with Crippen molar-refractivity contribution in [1.29, 1.82) is 0 Å². The van der Waals surface area contributed by atoms with Crippen LogP contribution in [-0.4, -0.2) is 47.8 Å². The molecule has 0 N–H and O–H groups in total. The summed E-state index contributed by atoms with van der Waals surface area (Å²) in [6.45, 7) is 5.70. The molecule has 4 nitrogen and oxygen atoms in total. The summed E-state index contributed by atoms with van der Waals surface area (Å²) in [5.74, 6) is 1.89. The third kappa shape index (κ3) is 3.32. The summed E-state index contributed by atoms with van der Waals surface area (Å²) in [4.78, 5) is 4.95. The minimum atomic E-state index is 0.869. The molecule has 3 rings (SSSR count). The molecular weight excluding hydrogens is 236 g/mol. The highest BCUT2D eigenvalue weighted by molar-refractivity contribution is 5.36. The Bertz CT molecular complexity index is 409. The standard InChI is InChI=1S/C15H22N4/c1-2-5-14(6-3-1)13-18-9-11-19(12-10-18)15-7-4-8-16-17-15/h1-2,4,7-8,14H,3,5-6,9-13H2/t14-/m1/s1. The highest BCUT2D eigenvalue weighted by Gasteiger charge is 2.21. The van der Waals surface area contributed by atoms with Crippen molar-refractivity contribution in [2.24, 2.45) is 5.92 Å². The molecule has 2 aliphatic rings. The van der Waals surface area contributed by atoms with Crippen LogP contribution in [0.25, 0.3) is 0 Å². The molecule has 0 radical (unpaired) electrons. The lowest BCUT2D eigenvalue weighted by atomic mass is 9.94. The zero-order chi connectivity index (χ0) is 12.9. The van der Waals surface area contributed by atoms with Gasteiger partial charge in [-0.1, -0.05) is 12.2 Å². The van der Waals surface area contributed by atoms with Crippen molar-refractivity contribution >= 4 is 5.82 Å². The van der Waals surface area contributed by atoms with Gasteiger partial charge >= 0.3 is 0 Å². The van der Waals surface area contributed by atoms with Crippen LogP contribution in [0.2, 0.25) is 0 Å². The topological polar surface area (TPSA) is 32.3 Å². The molecule has 1 aliphatic carbocycles. The Kier molecular flexibility index (Phi) is 4.08. The highest BCUT2D eigenvalue weighted by Crippen LogP contribution is 2.20. The first-order chi connectivity index (χ1) is 9.42. The first-order valence-electron chi connectivity index (χ1n) is 7.32. The summed E-state index contributed by atoms with van der Waals surface area (Å²) in [6.07, 6.45) is 10.3. The van der Waals surface area contributed by atoms with Crippen molar-refractivity contribution in [3.63, 3.8) is 0 Å². The monoisotopic (exact) mass is 258 g/mol. The van der Waals surface area contributed by atoms with Gasteiger partial charge in [0, 0.05) is 38.9 Å². The fraction of sp³-hybridized carbons (Fsp3) is 0.600. The van der Waals surface area contributed by atoms with Gasteiger partial charge in [0.1, 0.15) is 0 Å². The maximum absolute atomic E-state index is 4.19. The fourth-order valence-corrected chi connectivity index (χ4v) is 3.01. The number of aromatic nitrogens is 2. The van der Waals surface area contributed by atoms with Crippen LogP contribution >= 0.6 is 0 Å². The van der Waals surface area contributed by atoms with Gasteiger partial charge in [-0.3, -0.25) is 4.90 Å². The Morgan fingerprint density at radius 3 is 2.74 bits per heavy atom. The van der Waals surface area contributed by atoms with Crippen LogP contribution < -0.4 is 4.90 Å². The zero-order valence-electron chi connectivity index (χ0n) is 11.4. The molecule has 0 aromatic carbocycles. The quantitative estimate of drug-likeness (QED) is 0.776. The summed E-state index contributed by atoms with van der Waals surface area (Å²) in [6, 6.07) is 4.01. The molecular formula is C15H22N4. The van der Waals surface area contributed by atoms with Crippen molar-refractivity contribution < 1.29 is 0 Å². The van der Waals surface area contributed by atoms with Gasteiger partial charge < -0.3 is 4.90 Å². The summed E-state index contributed by atoms with van der Waals surface area (Å²) >= 11 is 0. The molecule has 19 heavy (non-hydrogen) atoms. The third-order valence-corrected chi connectivity index (χ3v) is 4.15. The summed E-state index contributed by atoms with van der Waals surface area (Å²) in [7, 11) is 0. The van der Waals surface area contributed by atoms with Crippen LogP contribution in [0.15, 0.2) is 30.5 Å². The molecule has 1 aromatic heterocycles. The second-order valence-electron chi connectivity index (χ2n) is 5.52. The normalized spacial score (nSPS) is 24.6. The van der Waals surface area contributed by atoms with E-state index >= 15 is 0 Å². The van der Waals surface area contributed by atoms with E-state index in [0.29, 0.717) is 0 Å². The first-order valence-corrected chi connectivity index (χ1v) is 7.32. The van der Waals surface area contributed by atoms with E-state index in [0.717, 1.165) is 37.9 Å². The third-order valence-electron chi connectivity index (χ3n) is 4.15. The molecule has 0 bridgehead atoms. The average molecular weight is 258 g/mol. The van der Waals surface area contributed by atoms with Gasteiger partial charge in [0.2, 0.25) is 0 Å². The van der Waals surface area contributed by atoms with Gasteiger partial charge in [-0.05, 0) is 37.3 Å². The van der Waals surface area contributed by atoms with Gasteiger partial charge in [-0.15, -0.1) is 5.10 Å². The number of hydrogen-bond donors (Lipinski definition) is 0. The Hall–Kier alpha value is -1.42. The van der Waals surface area contributed by atoms with Crippen LogP contribution in [-0.2, 0) is 0 Å². The van der Waals surface area contributed by atoms with E-state index in [9.17, 15) is 0 Å².